The third-order valence-electron chi connectivity index (χ3n) is 2.64. The zero-order valence-electron chi connectivity index (χ0n) is 9.78. The fourth-order valence-corrected chi connectivity index (χ4v) is 1.75. The van der Waals surface area contributed by atoms with Gasteiger partial charge in [-0.2, -0.15) is 0 Å². The Morgan fingerprint density at radius 1 is 1.31 bits per heavy atom. The third kappa shape index (κ3) is 3.56. The molecular weight excluding hydrogens is 202 g/mol. The lowest BCUT2D eigenvalue weighted by Crippen LogP contribution is -2.27. The number of nitrogens with zero attached hydrogens (tertiary/aromatic N) is 2. The number of likely N-dealkylation sites (N-methyl/N-ethyl adjacent to an activating group) is 1. The number of fused-ring (bicyclic) bond motifs is 2. The van der Waals surface area contributed by atoms with Gasteiger partial charge >= 0.3 is 0 Å². The highest BCUT2D eigenvalue weighted by Gasteiger charge is 2.04. The number of pyridine rings is 1. The molecule has 1 aromatic rings. The molecule has 0 saturated carbocycles. The van der Waals surface area contributed by atoms with Gasteiger partial charge in [0.1, 0.15) is 0 Å². The minimum absolute atomic E-state index is 0.771. The largest absolute Gasteiger partial charge is 0.379 e. The Hall–Kier alpha value is -0.970. The van der Waals surface area contributed by atoms with E-state index in [1.807, 2.05) is 0 Å². The molecule has 0 atom stereocenters. The van der Waals surface area contributed by atoms with Crippen molar-refractivity contribution in [1.29, 1.82) is 0 Å². The molecular formula is C12H19N3O. The van der Waals surface area contributed by atoms with Crippen molar-refractivity contribution in [2.45, 2.75) is 13.1 Å². The molecule has 2 bridgehead atoms. The maximum atomic E-state index is 5.52. The van der Waals surface area contributed by atoms with E-state index in [9.17, 15) is 0 Å². The normalized spacial score (nSPS) is 19.8. The highest BCUT2D eigenvalue weighted by molar-refractivity contribution is 5.11. The van der Waals surface area contributed by atoms with Gasteiger partial charge in [0, 0.05) is 26.2 Å². The van der Waals surface area contributed by atoms with Crippen molar-refractivity contribution in [3.63, 3.8) is 0 Å². The van der Waals surface area contributed by atoms with Crippen LogP contribution in [0.2, 0.25) is 0 Å². The molecule has 1 N–H and O–H groups in total. The van der Waals surface area contributed by atoms with E-state index in [0.29, 0.717) is 0 Å². The van der Waals surface area contributed by atoms with Gasteiger partial charge in [0.2, 0.25) is 0 Å². The second-order valence-corrected chi connectivity index (χ2v) is 4.15. The summed E-state index contributed by atoms with van der Waals surface area (Å²) in [6, 6.07) is 6.21. The fraction of sp³-hybridized carbons (Fsp3) is 0.583. The molecule has 88 valence electrons. The first-order chi connectivity index (χ1) is 7.84. The topological polar surface area (TPSA) is 37.4 Å². The van der Waals surface area contributed by atoms with Gasteiger partial charge in [-0.1, -0.05) is 6.07 Å². The van der Waals surface area contributed by atoms with Crippen LogP contribution < -0.4 is 5.32 Å². The first-order valence-electron chi connectivity index (χ1n) is 5.76. The smallest absolute Gasteiger partial charge is 0.0594 e. The van der Waals surface area contributed by atoms with Crippen LogP contribution in [0.3, 0.4) is 0 Å². The van der Waals surface area contributed by atoms with E-state index in [-0.39, 0.29) is 0 Å². The summed E-state index contributed by atoms with van der Waals surface area (Å²) in [5, 5.41) is 3.32. The van der Waals surface area contributed by atoms with Crippen molar-refractivity contribution in [3.8, 4) is 0 Å². The molecule has 0 amide bonds. The average Bonchev–Trinajstić information content (AvgIpc) is 2.27. The van der Waals surface area contributed by atoms with E-state index < -0.39 is 0 Å². The highest BCUT2D eigenvalue weighted by Crippen LogP contribution is 2.03. The van der Waals surface area contributed by atoms with E-state index >= 15 is 0 Å². The third-order valence-corrected chi connectivity index (χ3v) is 2.64. The van der Waals surface area contributed by atoms with Crippen LogP contribution in [0.1, 0.15) is 11.4 Å². The van der Waals surface area contributed by atoms with E-state index in [4.69, 9.17) is 4.74 Å². The van der Waals surface area contributed by atoms with Crippen LogP contribution in [0.15, 0.2) is 18.2 Å². The number of nitrogens with one attached hydrogen (secondary N) is 1. The van der Waals surface area contributed by atoms with Crippen LogP contribution in [0.5, 0.6) is 0 Å². The molecule has 2 heterocycles. The lowest BCUT2D eigenvalue weighted by molar-refractivity contribution is 0.110. The van der Waals surface area contributed by atoms with Gasteiger partial charge in [-0.05, 0) is 19.2 Å². The Labute approximate surface area is 96.6 Å². The molecule has 4 nitrogen and oxygen atoms in total. The zero-order chi connectivity index (χ0) is 11.2. The van der Waals surface area contributed by atoms with Gasteiger partial charge < -0.3 is 10.1 Å². The first kappa shape index (κ1) is 11.5. The second kappa shape index (κ2) is 5.94. The maximum absolute atomic E-state index is 5.52. The van der Waals surface area contributed by atoms with Crippen LogP contribution in [0.25, 0.3) is 0 Å². The molecule has 0 aromatic carbocycles. The van der Waals surface area contributed by atoms with Crippen LogP contribution in [-0.4, -0.2) is 43.2 Å². The molecule has 0 saturated heterocycles. The van der Waals surface area contributed by atoms with Gasteiger partial charge in [0.15, 0.2) is 0 Å². The molecule has 1 aliphatic rings. The molecule has 0 fully saturated rings. The molecule has 0 radical (unpaired) electrons. The lowest BCUT2D eigenvalue weighted by atomic mass is 10.3. The predicted octanol–water partition coefficient (Wildman–Crippen LogP) is 0.633. The molecule has 1 aromatic heterocycles. The van der Waals surface area contributed by atoms with E-state index in [2.05, 4.69) is 40.4 Å². The van der Waals surface area contributed by atoms with Crippen LogP contribution in [0, 0.1) is 0 Å². The van der Waals surface area contributed by atoms with E-state index in [1.165, 1.54) is 0 Å². The molecule has 1 aliphatic heterocycles. The van der Waals surface area contributed by atoms with Crippen LogP contribution in [-0.2, 0) is 17.8 Å². The standard InChI is InChI=1S/C12H19N3O/c1-15-6-8-16-7-5-13-9-11-3-2-4-12(10-15)14-11/h2-4,13H,5-10H2,1H3. The Kier molecular flexibility index (Phi) is 4.27. The maximum Gasteiger partial charge on any atom is 0.0594 e. The number of hydrogen-bond acceptors (Lipinski definition) is 4. The molecule has 2 rings (SSSR count). The Bertz CT molecular complexity index is 330. The summed E-state index contributed by atoms with van der Waals surface area (Å²) in [6.07, 6.45) is 0. The highest BCUT2D eigenvalue weighted by atomic mass is 16.5. The minimum Gasteiger partial charge on any atom is -0.379 e. The summed E-state index contributed by atoms with van der Waals surface area (Å²) in [7, 11) is 2.10. The summed E-state index contributed by atoms with van der Waals surface area (Å²) < 4.78 is 5.52. The zero-order valence-corrected chi connectivity index (χ0v) is 9.78. The van der Waals surface area contributed by atoms with Crippen molar-refractivity contribution < 1.29 is 4.74 Å². The quantitative estimate of drug-likeness (QED) is 0.697. The summed E-state index contributed by atoms with van der Waals surface area (Å²) in [5.74, 6) is 0. The Morgan fingerprint density at radius 2 is 2.19 bits per heavy atom. The Balaban J connectivity index is 2.06. The molecule has 0 aliphatic carbocycles. The van der Waals surface area contributed by atoms with Crippen molar-refractivity contribution in [3.05, 3.63) is 29.6 Å². The van der Waals surface area contributed by atoms with Gasteiger partial charge in [-0.3, -0.25) is 9.88 Å². The fourth-order valence-electron chi connectivity index (χ4n) is 1.75. The van der Waals surface area contributed by atoms with Crippen molar-refractivity contribution in [2.75, 3.05) is 33.4 Å². The monoisotopic (exact) mass is 221 g/mol. The van der Waals surface area contributed by atoms with Crippen molar-refractivity contribution in [2.24, 2.45) is 0 Å². The molecule has 16 heavy (non-hydrogen) atoms. The molecule has 0 spiro atoms. The summed E-state index contributed by atoms with van der Waals surface area (Å²) in [6.45, 7) is 5.10. The lowest BCUT2D eigenvalue weighted by Gasteiger charge is -2.17. The van der Waals surface area contributed by atoms with Crippen LogP contribution in [0.4, 0.5) is 0 Å². The SMILES string of the molecule is CN1CCOCCNCc2cccc(n2)C1. The summed E-state index contributed by atoms with van der Waals surface area (Å²) in [4.78, 5) is 6.85. The predicted molar refractivity (Wildman–Crippen MR) is 63.1 cm³/mol. The Morgan fingerprint density at radius 3 is 3.12 bits per heavy atom. The van der Waals surface area contributed by atoms with E-state index in [1.54, 1.807) is 0 Å². The second-order valence-electron chi connectivity index (χ2n) is 4.15. The van der Waals surface area contributed by atoms with Crippen molar-refractivity contribution >= 4 is 0 Å². The van der Waals surface area contributed by atoms with E-state index in [0.717, 1.165) is 50.8 Å². The van der Waals surface area contributed by atoms with Crippen molar-refractivity contribution in [1.82, 2.24) is 15.2 Å². The summed E-state index contributed by atoms with van der Waals surface area (Å²) >= 11 is 0. The molecule has 0 unspecified atom stereocenters. The number of rotatable bonds is 0. The number of aromatic nitrogens is 1. The first-order valence-corrected chi connectivity index (χ1v) is 5.76. The summed E-state index contributed by atoms with van der Waals surface area (Å²) in [5.41, 5.74) is 2.23. The van der Waals surface area contributed by atoms with Gasteiger partial charge in [-0.15, -0.1) is 0 Å². The number of hydrogen-bond donors (Lipinski definition) is 1. The number of ether oxygens (including phenoxy) is 1. The average molecular weight is 221 g/mol. The van der Waals surface area contributed by atoms with Gasteiger partial charge in [0.05, 0.1) is 24.6 Å². The minimum atomic E-state index is 0.771. The van der Waals surface area contributed by atoms with Gasteiger partial charge in [-0.25, -0.2) is 0 Å². The molecule has 4 heteroatoms. The van der Waals surface area contributed by atoms with Crippen LogP contribution >= 0.6 is 0 Å². The van der Waals surface area contributed by atoms with Gasteiger partial charge in [0.25, 0.3) is 0 Å².